The average molecular weight is 276 g/mol. The first-order valence-electron chi connectivity index (χ1n) is 7.23. The summed E-state index contributed by atoms with van der Waals surface area (Å²) in [5.41, 5.74) is 1.83. The van der Waals surface area contributed by atoms with Crippen molar-refractivity contribution in [2.24, 2.45) is 0 Å². The predicted molar refractivity (Wildman–Crippen MR) is 77.9 cm³/mol. The van der Waals surface area contributed by atoms with E-state index in [4.69, 9.17) is 0 Å². The van der Waals surface area contributed by atoms with Crippen molar-refractivity contribution in [3.05, 3.63) is 29.3 Å². The molecule has 1 aromatic rings. The summed E-state index contributed by atoms with van der Waals surface area (Å²) in [7, 11) is 0. The van der Waals surface area contributed by atoms with Gasteiger partial charge in [0.15, 0.2) is 0 Å². The molecule has 0 saturated heterocycles. The number of thioether (sulfide) groups is 1. The number of aliphatic carboxylic acids is 1. The summed E-state index contributed by atoms with van der Waals surface area (Å²) in [4.78, 5) is 13.3. The Morgan fingerprint density at radius 3 is 2.68 bits per heavy atom. The minimum absolute atomic E-state index is 0.610. The molecule has 0 unspecified atom stereocenters. The van der Waals surface area contributed by atoms with Crippen LogP contribution in [0.25, 0.3) is 0 Å². The fraction of sp³-hybridized carbons (Fsp3) is 0.562. The van der Waals surface area contributed by atoms with Crippen molar-refractivity contribution < 1.29 is 9.90 Å². The molecule has 0 amide bonds. The third-order valence-corrected chi connectivity index (χ3v) is 5.78. The molecule has 19 heavy (non-hydrogen) atoms. The van der Waals surface area contributed by atoms with Gasteiger partial charge in [-0.2, -0.15) is 0 Å². The lowest BCUT2D eigenvalue weighted by Crippen LogP contribution is -2.39. The molecule has 0 radical (unpaired) electrons. The minimum atomic E-state index is -0.615. The zero-order valence-electron chi connectivity index (χ0n) is 11.2. The summed E-state index contributed by atoms with van der Waals surface area (Å²) in [5, 5.41) is 9.84. The van der Waals surface area contributed by atoms with Crippen molar-refractivity contribution in [1.82, 2.24) is 0 Å². The Morgan fingerprint density at radius 1 is 1.16 bits per heavy atom. The number of carbonyl (C=O) groups is 1. The minimum Gasteiger partial charge on any atom is -0.481 e. The number of fused-ring (bicyclic) bond motifs is 1. The van der Waals surface area contributed by atoms with Crippen LogP contribution in [0, 0.1) is 0 Å². The zero-order chi connectivity index (χ0) is 13.3. The largest absolute Gasteiger partial charge is 0.481 e. The smallest absolute Gasteiger partial charge is 0.314 e. The molecular weight excluding hydrogens is 256 g/mol. The van der Waals surface area contributed by atoms with Gasteiger partial charge in [0.2, 0.25) is 0 Å². The van der Waals surface area contributed by atoms with E-state index < -0.39 is 11.4 Å². The van der Waals surface area contributed by atoms with E-state index in [1.807, 2.05) is 17.8 Å². The van der Waals surface area contributed by atoms with Gasteiger partial charge in [-0.1, -0.05) is 31.4 Å². The van der Waals surface area contributed by atoms with Crippen LogP contribution in [0.4, 0.5) is 0 Å². The lowest BCUT2D eigenvalue weighted by Gasteiger charge is -2.36. The standard InChI is InChI=1S/C16H20O2S/c17-15(18)16(9-2-1-3-10-16)13-7-4-8-14-12(13)6-5-11-19-14/h4,7-8H,1-3,5-6,9-11H2,(H,17,18). The molecule has 3 heteroatoms. The van der Waals surface area contributed by atoms with Gasteiger partial charge in [0.25, 0.3) is 0 Å². The molecule has 1 aliphatic carbocycles. The Hall–Kier alpha value is -0.960. The number of carboxylic acids is 1. The molecule has 1 N–H and O–H groups in total. The maximum absolute atomic E-state index is 12.0. The fourth-order valence-electron chi connectivity index (χ4n) is 3.59. The van der Waals surface area contributed by atoms with E-state index in [0.29, 0.717) is 0 Å². The third kappa shape index (κ3) is 2.18. The lowest BCUT2D eigenvalue weighted by atomic mass is 9.68. The first-order chi connectivity index (χ1) is 9.24. The third-order valence-electron chi connectivity index (χ3n) is 4.59. The Labute approximate surface area is 118 Å². The van der Waals surface area contributed by atoms with E-state index in [2.05, 4.69) is 12.1 Å². The van der Waals surface area contributed by atoms with Gasteiger partial charge in [-0.05, 0) is 48.6 Å². The molecule has 0 atom stereocenters. The van der Waals surface area contributed by atoms with Gasteiger partial charge in [-0.15, -0.1) is 11.8 Å². The monoisotopic (exact) mass is 276 g/mol. The van der Waals surface area contributed by atoms with Crippen molar-refractivity contribution in [3.8, 4) is 0 Å². The van der Waals surface area contributed by atoms with Crippen LogP contribution in [0.2, 0.25) is 0 Å². The quantitative estimate of drug-likeness (QED) is 0.886. The van der Waals surface area contributed by atoms with Crippen LogP contribution in [0.3, 0.4) is 0 Å². The van der Waals surface area contributed by atoms with Crippen molar-refractivity contribution in [1.29, 1.82) is 0 Å². The second-order valence-corrected chi connectivity index (χ2v) is 6.82. The molecule has 1 aliphatic heterocycles. The fourth-order valence-corrected chi connectivity index (χ4v) is 4.66. The van der Waals surface area contributed by atoms with E-state index in [1.54, 1.807) is 0 Å². The predicted octanol–water partition coefficient (Wildman–Crippen LogP) is 4.01. The second-order valence-electron chi connectivity index (χ2n) is 5.68. The molecule has 2 aliphatic rings. The molecule has 0 bridgehead atoms. The average Bonchev–Trinajstić information content (AvgIpc) is 2.47. The van der Waals surface area contributed by atoms with Crippen LogP contribution >= 0.6 is 11.8 Å². The highest BCUT2D eigenvalue weighted by atomic mass is 32.2. The van der Waals surface area contributed by atoms with E-state index >= 15 is 0 Å². The summed E-state index contributed by atoms with van der Waals surface area (Å²) in [6.07, 6.45) is 7.11. The summed E-state index contributed by atoms with van der Waals surface area (Å²) in [5.74, 6) is 0.549. The summed E-state index contributed by atoms with van der Waals surface area (Å²) in [6.45, 7) is 0. The zero-order valence-corrected chi connectivity index (χ0v) is 12.0. The summed E-state index contributed by atoms with van der Waals surface area (Å²) < 4.78 is 0. The Bertz CT molecular complexity index is 490. The van der Waals surface area contributed by atoms with Crippen LogP contribution < -0.4 is 0 Å². The summed E-state index contributed by atoms with van der Waals surface area (Å²) in [6, 6.07) is 6.27. The van der Waals surface area contributed by atoms with Crippen molar-refractivity contribution in [3.63, 3.8) is 0 Å². The van der Waals surface area contributed by atoms with Gasteiger partial charge in [-0.3, -0.25) is 4.79 Å². The molecule has 102 valence electrons. The van der Waals surface area contributed by atoms with Crippen molar-refractivity contribution >= 4 is 17.7 Å². The van der Waals surface area contributed by atoms with Gasteiger partial charge >= 0.3 is 5.97 Å². The van der Waals surface area contributed by atoms with Crippen molar-refractivity contribution in [2.75, 3.05) is 5.75 Å². The maximum Gasteiger partial charge on any atom is 0.314 e. The van der Waals surface area contributed by atoms with E-state index in [1.165, 1.54) is 23.3 Å². The highest BCUT2D eigenvalue weighted by molar-refractivity contribution is 7.99. The number of hydrogen-bond donors (Lipinski definition) is 1. The topological polar surface area (TPSA) is 37.3 Å². The Kier molecular flexibility index (Phi) is 3.57. The SMILES string of the molecule is O=C(O)C1(c2cccc3c2CCCS3)CCCCC1. The summed E-state index contributed by atoms with van der Waals surface area (Å²) >= 11 is 1.88. The number of carboxylic acid groups (broad SMARTS) is 1. The first-order valence-corrected chi connectivity index (χ1v) is 8.21. The van der Waals surface area contributed by atoms with Crippen LogP contribution in [0.15, 0.2) is 23.1 Å². The van der Waals surface area contributed by atoms with Crippen LogP contribution in [0.5, 0.6) is 0 Å². The van der Waals surface area contributed by atoms with E-state index in [9.17, 15) is 9.90 Å². The first kappa shape index (κ1) is 13.0. The molecule has 1 fully saturated rings. The van der Waals surface area contributed by atoms with Gasteiger partial charge in [0.05, 0.1) is 5.41 Å². The molecule has 3 rings (SSSR count). The van der Waals surface area contributed by atoms with Crippen LogP contribution in [-0.2, 0) is 16.6 Å². The number of hydrogen-bond acceptors (Lipinski definition) is 2. The Balaban J connectivity index is 2.10. The molecule has 1 aromatic carbocycles. The lowest BCUT2D eigenvalue weighted by molar-refractivity contribution is -0.145. The number of rotatable bonds is 2. The molecule has 0 aromatic heterocycles. The maximum atomic E-state index is 12.0. The number of benzene rings is 1. The van der Waals surface area contributed by atoms with E-state index in [-0.39, 0.29) is 0 Å². The molecule has 0 spiro atoms. The van der Waals surface area contributed by atoms with E-state index in [0.717, 1.165) is 43.4 Å². The van der Waals surface area contributed by atoms with Crippen LogP contribution in [-0.4, -0.2) is 16.8 Å². The molecular formula is C16H20O2S. The molecule has 1 heterocycles. The van der Waals surface area contributed by atoms with Gasteiger partial charge in [0.1, 0.15) is 0 Å². The second kappa shape index (κ2) is 5.20. The highest BCUT2D eigenvalue weighted by Gasteiger charge is 2.43. The van der Waals surface area contributed by atoms with Gasteiger partial charge < -0.3 is 5.11 Å². The normalized spacial score (nSPS) is 21.7. The van der Waals surface area contributed by atoms with Gasteiger partial charge in [0, 0.05) is 4.90 Å². The van der Waals surface area contributed by atoms with Crippen LogP contribution in [0.1, 0.15) is 49.7 Å². The highest BCUT2D eigenvalue weighted by Crippen LogP contribution is 2.44. The van der Waals surface area contributed by atoms with Gasteiger partial charge in [-0.25, -0.2) is 0 Å². The molecule has 1 saturated carbocycles. The molecule has 2 nitrogen and oxygen atoms in total. The Morgan fingerprint density at radius 2 is 1.95 bits per heavy atom. The van der Waals surface area contributed by atoms with Crippen molar-refractivity contribution in [2.45, 2.75) is 55.3 Å².